The van der Waals surface area contributed by atoms with Gasteiger partial charge in [0.2, 0.25) is 0 Å². The Bertz CT molecular complexity index is 233. The number of thiophene rings is 1. The lowest BCUT2D eigenvalue weighted by molar-refractivity contribution is 0.669. The van der Waals surface area contributed by atoms with Crippen molar-refractivity contribution in [2.24, 2.45) is 5.92 Å². The quantitative estimate of drug-likeness (QED) is 0.730. The summed E-state index contributed by atoms with van der Waals surface area (Å²) in [5.74, 6) is 1.68. The number of hydrogen-bond acceptors (Lipinski definition) is 1. The fourth-order valence-electron chi connectivity index (χ4n) is 0.896. The van der Waals surface area contributed by atoms with Crippen LogP contribution in [-0.4, -0.2) is 11.8 Å². The van der Waals surface area contributed by atoms with E-state index in [9.17, 15) is 0 Å². The van der Waals surface area contributed by atoms with E-state index in [0.717, 1.165) is 10.9 Å². The molecule has 0 bridgehead atoms. The van der Waals surface area contributed by atoms with Gasteiger partial charge in [0.25, 0.3) is 0 Å². The monoisotopic (exact) mass is 286 g/mol. The molecule has 1 rings (SSSR count). The van der Waals surface area contributed by atoms with Crippen molar-refractivity contribution in [3.8, 4) is 0 Å². The van der Waals surface area contributed by atoms with Gasteiger partial charge in [0.05, 0.1) is 0 Å². The molecule has 0 N–H and O–H groups in total. The van der Waals surface area contributed by atoms with Gasteiger partial charge in [-0.15, -0.1) is 34.5 Å². The second kappa shape index (κ2) is 5.48. The topological polar surface area (TPSA) is 0 Å². The number of alkyl halides is 2. The summed E-state index contributed by atoms with van der Waals surface area (Å²) in [6.45, 7) is 0. The molecular formula is C8H9BrCl2S. The van der Waals surface area contributed by atoms with Gasteiger partial charge in [-0.3, -0.25) is 0 Å². The van der Waals surface area contributed by atoms with Gasteiger partial charge >= 0.3 is 0 Å². The maximum atomic E-state index is 5.73. The standard InChI is InChI=1S/C8H9BrCl2S/c9-7-2-8(12-5-7)1-6(3-10)4-11/h2,5-6H,1,3-4H2. The van der Waals surface area contributed by atoms with Gasteiger partial charge in [0.15, 0.2) is 0 Å². The summed E-state index contributed by atoms with van der Waals surface area (Å²) in [6.07, 6.45) is 0.989. The Morgan fingerprint density at radius 3 is 2.50 bits per heavy atom. The molecule has 0 amide bonds. The Morgan fingerprint density at radius 1 is 1.42 bits per heavy atom. The zero-order valence-corrected chi connectivity index (χ0v) is 10.3. The summed E-state index contributed by atoms with van der Waals surface area (Å²) in [4.78, 5) is 1.34. The van der Waals surface area contributed by atoms with Gasteiger partial charge in [0.1, 0.15) is 0 Å². The average molecular weight is 288 g/mol. The van der Waals surface area contributed by atoms with Crippen LogP contribution >= 0.6 is 50.5 Å². The van der Waals surface area contributed by atoms with Crippen molar-refractivity contribution in [3.05, 3.63) is 20.8 Å². The summed E-state index contributed by atoms with van der Waals surface area (Å²) < 4.78 is 1.14. The Labute approximate surface area is 95.0 Å². The highest BCUT2D eigenvalue weighted by Gasteiger charge is 2.08. The molecule has 1 aromatic heterocycles. The lowest BCUT2D eigenvalue weighted by atomic mass is 10.1. The second-order valence-electron chi connectivity index (χ2n) is 2.61. The molecule has 0 aliphatic carbocycles. The molecule has 0 radical (unpaired) electrons. The summed E-state index contributed by atoms with van der Waals surface area (Å²) >= 11 is 16.6. The zero-order chi connectivity index (χ0) is 8.97. The fraction of sp³-hybridized carbons (Fsp3) is 0.500. The molecule has 0 unspecified atom stereocenters. The smallest absolute Gasteiger partial charge is 0.0285 e. The highest BCUT2D eigenvalue weighted by atomic mass is 79.9. The van der Waals surface area contributed by atoms with Gasteiger partial charge in [0, 0.05) is 26.5 Å². The minimum absolute atomic E-state index is 0.402. The highest BCUT2D eigenvalue weighted by Crippen LogP contribution is 2.23. The SMILES string of the molecule is ClCC(CCl)Cc1cc(Br)cs1. The summed E-state index contributed by atoms with van der Waals surface area (Å²) in [6, 6.07) is 2.12. The van der Waals surface area contributed by atoms with Crippen LogP contribution in [-0.2, 0) is 6.42 Å². The first-order chi connectivity index (χ1) is 5.76. The number of rotatable bonds is 4. The zero-order valence-electron chi connectivity index (χ0n) is 6.40. The molecule has 0 aliphatic rings. The fourth-order valence-corrected chi connectivity index (χ4v) is 3.01. The van der Waals surface area contributed by atoms with Gasteiger partial charge in [-0.25, -0.2) is 0 Å². The molecule has 1 aromatic rings. The van der Waals surface area contributed by atoms with E-state index in [1.807, 2.05) is 0 Å². The Kier molecular flexibility index (Phi) is 4.95. The van der Waals surface area contributed by atoms with Crippen molar-refractivity contribution in [1.29, 1.82) is 0 Å². The van der Waals surface area contributed by atoms with Crippen molar-refractivity contribution in [1.82, 2.24) is 0 Å². The van der Waals surface area contributed by atoms with Gasteiger partial charge < -0.3 is 0 Å². The van der Waals surface area contributed by atoms with E-state index < -0.39 is 0 Å². The van der Waals surface area contributed by atoms with Crippen molar-refractivity contribution in [2.75, 3.05) is 11.8 Å². The van der Waals surface area contributed by atoms with E-state index in [4.69, 9.17) is 23.2 Å². The first-order valence-electron chi connectivity index (χ1n) is 3.61. The van der Waals surface area contributed by atoms with E-state index in [0.29, 0.717) is 17.7 Å². The maximum absolute atomic E-state index is 5.73. The molecule has 0 saturated heterocycles. The van der Waals surface area contributed by atoms with Crippen LogP contribution in [0.15, 0.2) is 15.9 Å². The summed E-state index contributed by atoms with van der Waals surface area (Å²) in [7, 11) is 0. The predicted molar refractivity (Wildman–Crippen MR) is 60.7 cm³/mol. The summed E-state index contributed by atoms with van der Waals surface area (Å²) in [5, 5.41) is 2.08. The van der Waals surface area contributed by atoms with Crippen LogP contribution in [0.2, 0.25) is 0 Å². The molecule has 0 nitrogen and oxygen atoms in total. The number of hydrogen-bond donors (Lipinski definition) is 0. The first kappa shape index (κ1) is 10.8. The normalized spacial score (nSPS) is 11.0. The highest BCUT2D eigenvalue weighted by molar-refractivity contribution is 9.10. The van der Waals surface area contributed by atoms with Crippen LogP contribution in [0.5, 0.6) is 0 Å². The van der Waals surface area contributed by atoms with Crippen molar-refractivity contribution >= 4 is 50.5 Å². The van der Waals surface area contributed by atoms with Gasteiger partial charge in [-0.05, 0) is 34.3 Å². The van der Waals surface area contributed by atoms with Crippen molar-refractivity contribution < 1.29 is 0 Å². The van der Waals surface area contributed by atoms with Crippen LogP contribution in [0.3, 0.4) is 0 Å². The lowest BCUT2D eigenvalue weighted by Gasteiger charge is -2.06. The molecule has 12 heavy (non-hydrogen) atoms. The van der Waals surface area contributed by atoms with Crippen LogP contribution in [0.4, 0.5) is 0 Å². The molecule has 0 aliphatic heterocycles. The molecule has 1 heterocycles. The molecule has 0 fully saturated rings. The first-order valence-corrected chi connectivity index (χ1v) is 6.35. The third kappa shape index (κ3) is 3.25. The van der Waals surface area contributed by atoms with Crippen LogP contribution in [0.25, 0.3) is 0 Å². The summed E-state index contributed by atoms with van der Waals surface area (Å²) in [5.41, 5.74) is 0. The van der Waals surface area contributed by atoms with E-state index in [2.05, 4.69) is 27.4 Å². The Morgan fingerprint density at radius 2 is 2.08 bits per heavy atom. The van der Waals surface area contributed by atoms with Crippen molar-refractivity contribution in [3.63, 3.8) is 0 Å². The molecule has 0 spiro atoms. The van der Waals surface area contributed by atoms with E-state index in [1.165, 1.54) is 4.88 Å². The van der Waals surface area contributed by atoms with Crippen molar-refractivity contribution in [2.45, 2.75) is 6.42 Å². The third-order valence-corrected chi connectivity index (χ3v) is 4.14. The third-order valence-electron chi connectivity index (χ3n) is 1.55. The second-order valence-corrected chi connectivity index (χ2v) is 5.14. The van der Waals surface area contributed by atoms with Crippen LogP contribution in [0.1, 0.15) is 4.88 Å². The molecule has 0 saturated carbocycles. The molecule has 0 aromatic carbocycles. The largest absolute Gasteiger partial charge is 0.148 e. The Balaban J connectivity index is 2.50. The van der Waals surface area contributed by atoms with Crippen LogP contribution < -0.4 is 0 Å². The lowest BCUT2D eigenvalue weighted by Crippen LogP contribution is -2.06. The van der Waals surface area contributed by atoms with E-state index in [1.54, 1.807) is 11.3 Å². The molecule has 4 heteroatoms. The molecular weight excluding hydrogens is 279 g/mol. The van der Waals surface area contributed by atoms with Gasteiger partial charge in [-0.1, -0.05) is 0 Å². The minimum Gasteiger partial charge on any atom is -0.148 e. The predicted octanol–water partition coefficient (Wildman–Crippen LogP) is 4.15. The molecule has 0 atom stereocenters. The van der Waals surface area contributed by atoms with Gasteiger partial charge in [-0.2, -0.15) is 0 Å². The van der Waals surface area contributed by atoms with Crippen LogP contribution in [0, 0.1) is 5.92 Å². The Hall–Kier alpha value is 0.760. The van der Waals surface area contributed by atoms with E-state index >= 15 is 0 Å². The average Bonchev–Trinajstić information content (AvgIpc) is 2.47. The van der Waals surface area contributed by atoms with E-state index in [-0.39, 0.29) is 0 Å². The number of halogens is 3. The molecule has 68 valence electrons. The maximum Gasteiger partial charge on any atom is 0.0285 e. The minimum atomic E-state index is 0.402.